The first-order valence-electron chi connectivity index (χ1n) is 8.33. The van der Waals surface area contributed by atoms with Gasteiger partial charge in [-0.25, -0.2) is 4.90 Å². The molecule has 1 saturated heterocycles. The van der Waals surface area contributed by atoms with Gasteiger partial charge in [0, 0.05) is 13.1 Å². The summed E-state index contributed by atoms with van der Waals surface area (Å²) in [5, 5.41) is 0. The summed E-state index contributed by atoms with van der Waals surface area (Å²) in [6.07, 6.45) is 0. The predicted molar refractivity (Wildman–Crippen MR) is 94.7 cm³/mol. The van der Waals surface area contributed by atoms with Crippen LogP contribution in [0.3, 0.4) is 0 Å². The molecular weight excluding hydrogens is 316 g/mol. The maximum atomic E-state index is 13.2. The Kier molecular flexibility index (Phi) is 4.07. The number of hydrogen-bond donors (Lipinski definition) is 0. The molecule has 4 rings (SSSR count). The second-order valence-corrected chi connectivity index (χ2v) is 5.97. The van der Waals surface area contributed by atoms with Gasteiger partial charge in [-0.1, -0.05) is 48.5 Å². The lowest BCUT2D eigenvalue weighted by molar-refractivity contribution is -0.121. The van der Waals surface area contributed by atoms with E-state index in [0.29, 0.717) is 43.3 Å². The number of imide groups is 1. The first-order valence-corrected chi connectivity index (χ1v) is 8.33. The number of nitrogens with zero attached hydrogens (tertiary/aromatic N) is 2. The highest BCUT2D eigenvalue weighted by Gasteiger charge is 2.42. The van der Waals surface area contributed by atoms with Crippen molar-refractivity contribution in [1.82, 2.24) is 4.90 Å². The van der Waals surface area contributed by atoms with Crippen LogP contribution < -0.4 is 4.90 Å². The van der Waals surface area contributed by atoms with E-state index in [1.165, 1.54) is 4.90 Å². The van der Waals surface area contributed by atoms with Crippen molar-refractivity contribution in [3.63, 3.8) is 0 Å². The third kappa shape index (κ3) is 2.72. The van der Waals surface area contributed by atoms with E-state index >= 15 is 0 Å². The molecule has 2 aliphatic heterocycles. The van der Waals surface area contributed by atoms with Crippen LogP contribution in [0, 0.1) is 0 Å². The highest BCUT2D eigenvalue weighted by atomic mass is 16.5. The molecule has 0 radical (unpaired) electrons. The summed E-state index contributed by atoms with van der Waals surface area (Å²) in [5.74, 6) is -0.541. The summed E-state index contributed by atoms with van der Waals surface area (Å²) >= 11 is 0. The van der Waals surface area contributed by atoms with Crippen molar-refractivity contribution in [2.45, 2.75) is 0 Å². The van der Waals surface area contributed by atoms with Gasteiger partial charge in [-0.05, 0) is 17.7 Å². The fraction of sp³-hybridized carbons (Fsp3) is 0.200. The molecule has 0 aliphatic carbocycles. The van der Waals surface area contributed by atoms with Crippen LogP contribution in [-0.2, 0) is 14.3 Å². The SMILES string of the molecule is O=C1C(c2ccccc2)=C(N2CCOCC2)C(=O)N1c1ccccc1. The molecule has 5 heteroatoms. The van der Waals surface area contributed by atoms with E-state index in [9.17, 15) is 9.59 Å². The molecule has 0 unspecified atom stereocenters. The number of carbonyl (C=O) groups excluding carboxylic acids is 2. The van der Waals surface area contributed by atoms with Crippen LogP contribution in [-0.4, -0.2) is 43.0 Å². The summed E-state index contributed by atoms with van der Waals surface area (Å²) < 4.78 is 5.40. The fourth-order valence-corrected chi connectivity index (χ4v) is 3.28. The molecule has 2 aliphatic rings. The Bertz CT molecular complexity index is 825. The smallest absolute Gasteiger partial charge is 0.282 e. The number of para-hydroxylation sites is 1. The summed E-state index contributed by atoms with van der Waals surface area (Å²) in [6.45, 7) is 2.32. The molecule has 0 N–H and O–H groups in total. The molecule has 2 heterocycles. The van der Waals surface area contributed by atoms with Crippen LogP contribution in [0.25, 0.3) is 5.57 Å². The van der Waals surface area contributed by atoms with Gasteiger partial charge in [-0.2, -0.15) is 0 Å². The Hall–Kier alpha value is -2.92. The van der Waals surface area contributed by atoms with Gasteiger partial charge in [0.1, 0.15) is 5.70 Å². The topological polar surface area (TPSA) is 49.9 Å². The number of benzene rings is 2. The molecule has 0 bridgehead atoms. The minimum atomic E-state index is -0.274. The van der Waals surface area contributed by atoms with Crippen LogP contribution in [0.1, 0.15) is 5.56 Å². The summed E-state index contributed by atoms with van der Waals surface area (Å²) in [7, 11) is 0. The lowest BCUT2D eigenvalue weighted by atomic mass is 10.0. The molecule has 0 atom stereocenters. The van der Waals surface area contributed by atoms with Crippen LogP contribution in [0.15, 0.2) is 66.4 Å². The van der Waals surface area contributed by atoms with Crippen molar-refractivity contribution in [2.75, 3.05) is 31.2 Å². The van der Waals surface area contributed by atoms with Crippen LogP contribution in [0.2, 0.25) is 0 Å². The monoisotopic (exact) mass is 334 g/mol. The zero-order chi connectivity index (χ0) is 17.2. The number of hydrogen-bond acceptors (Lipinski definition) is 4. The Balaban J connectivity index is 1.83. The van der Waals surface area contributed by atoms with E-state index in [-0.39, 0.29) is 11.8 Å². The standard InChI is InChI=1S/C20H18N2O3/c23-19-17(15-7-3-1-4-8-15)18(21-11-13-25-14-12-21)20(24)22(19)16-9-5-2-6-10-16/h1-10H,11-14H2. The first-order chi connectivity index (χ1) is 12.3. The van der Waals surface area contributed by atoms with E-state index in [2.05, 4.69) is 0 Å². The second-order valence-electron chi connectivity index (χ2n) is 5.97. The summed E-state index contributed by atoms with van der Waals surface area (Å²) in [5.41, 5.74) is 2.30. The minimum Gasteiger partial charge on any atom is -0.378 e. The molecule has 2 amide bonds. The van der Waals surface area contributed by atoms with Crippen molar-refractivity contribution in [3.8, 4) is 0 Å². The van der Waals surface area contributed by atoms with Crippen molar-refractivity contribution in [2.24, 2.45) is 0 Å². The molecular formula is C20H18N2O3. The maximum absolute atomic E-state index is 13.2. The molecule has 1 fully saturated rings. The van der Waals surface area contributed by atoms with E-state index < -0.39 is 0 Å². The van der Waals surface area contributed by atoms with Gasteiger partial charge < -0.3 is 9.64 Å². The predicted octanol–water partition coefficient (Wildman–Crippen LogP) is 2.30. The van der Waals surface area contributed by atoms with Gasteiger partial charge in [0.05, 0.1) is 24.5 Å². The molecule has 25 heavy (non-hydrogen) atoms. The van der Waals surface area contributed by atoms with E-state index in [4.69, 9.17) is 4.74 Å². The van der Waals surface area contributed by atoms with Gasteiger partial charge >= 0.3 is 0 Å². The van der Waals surface area contributed by atoms with Gasteiger partial charge in [0.15, 0.2) is 0 Å². The Morgan fingerprint density at radius 3 is 2.00 bits per heavy atom. The highest BCUT2D eigenvalue weighted by molar-refractivity contribution is 6.45. The molecule has 0 spiro atoms. The third-order valence-corrected chi connectivity index (χ3v) is 4.46. The van der Waals surface area contributed by atoms with E-state index in [0.717, 1.165) is 5.56 Å². The summed E-state index contributed by atoms with van der Waals surface area (Å²) in [4.78, 5) is 29.6. The average molecular weight is 334 g/mol. The normalized spacial score (nSPS) is 18.2. The maximum Gasteiger partial charge on any atom is 0.282 e. The van der Waals surface area contributed by atoms with Crippen LogP contribution in [0.4, 0.5) is 5.69 Å². The van der Waals surface area contributed by atoms with Crippen molar-refractivity contribution in [3.05, 3.63) is 71.9 Å². The zero-order valence-corrected chi connectivity index (χ0v) is 13.7. The lowest BCUT2D eigenvalue weighted by Crippen LogP contribution is -2.40. The number of rotatable bonds is 3. The molecule has 0 aromatic heterocycles. The van der Waals surface area contributed by atoms with Gasteiger partial charge in [-0.3, -0.25) is 9.59 Å². The van der Waals surface area contributed by atoms with Crippen molar-refractivity contribution < 1.29 is 14.3 Å². The quantitative estimate of drug-likeness (QED) is 0.808. The molecule has 2 aromatic rings. The minimum absolute atomic E-state index is 0.267. The lowest BCUT2D eigenvalue weighted by Gasteiger charge is -2.29. The van der Waals surface area contributed by atoms with Crippen LogP contribution >= 0.6 is 0 Å². The fourth-order valence-electron chi connectivity index (χ4n) is 3.28. The van der Waals surface area contributed by atoms with E-state index in [1.807, 2.05) is 53.4 Å². The van der Waals surface area contributed by atoms with Crippen molar-refractivity contribution >= 4 is 23.1 Å². The van der Waals surface area contributed by atoms with Gasteiger partial charge in [-0.15, -0.1) is 0 Å². The average Bonchev–Trinajstić information content (AvgIpc) is 2.94. The van der Waals surface area contributed by atoms with Crippen LogP contribution in [0.5, 0.6) is 0 Å². The Morgan fingerprint density at radius 1 is 0.760 bits per heavy atom. The molecule has 0 saturated carbocycles. The molecule has 5 nitrogen and oxygen atoms in total. The number of ether oxygens (including phenoxy) is 1. The largest absolute Gasteiger partial charge is 0.378 e. The number of carbonyl (C=O) groups is 2. The number of anilines is 1. The number of morpholine rings is 1. The Labute approximate surface area is 146 Å². The zero-order valence-electron chi connectivity index (χ0n) is 13.7. The van der Waals surface area contributed by atoms with Crippen molar-refractivity contribution in [1.29, 1.82) is 0 Å². The second kappa shape index (κ2) is 6.53. The third-order valence-electron chi connectivity index (χ3n) is 4.46. The Morgan fingerprint density at radius 2 is 1.36 bits per heavy atom. The van der Waals surface area contributed by atoms with Gasteiger partial charge in [0.2, 0.25) is 0 Å². The van der Waals surface area contributed by atoms with E-state index in [1.54, 1.807) is 12.1 Å². The number of amides is 2. The summed E-state index contributed by atoms with van der Waals surface area (Å²) in [6, 6.07) is 18.5. The molecule has 2 aromatic carbocycles. The first kappa shape index (κ1) is 15.6. The van der Waals surface area contributed by atoms with Gasteiger partial charge in [0.25, 0.3) is 11.8 Å². The highest BCUT2D eigenvalue weighted by Crippen LogP contribution is 2.34. The molecule has 126 valence electrons.